The first kappa shape index (κ1) is 13.7. The van der Waals surface area contributed by atoms with E-state index in [1.165, 1.54) is 0 Å². The molecule has 0 aliphatic carbocycles. The van der Waals surface area contributed by atoms with Gasteiger partial charge in [-0.3, -0.25) is 4.79 Å². The molecule has 0 saturated carbocycles. The number of piperidine rings is 1. The average Bonchev–Trinajstić information content (AvgIpc) is 2.28. The van der Waals surface area contributed by atoms with Crippen molar-refractivity contribution in [1.29, 1.82) is 0 Å². The smallest absolute Gasteiger partial charge is 0.421 e. The predicted molar refractivity (Wildman–Crippen MR) is 56.4 cm³/mol. The van der Waals surface area contributed by atoms with Crippen LogP contribution in [0, 0.1) is 0 Å². The van der Waals surface area contributed by atoms with E-state index >= 15 is 0 Å². The molecule has 0 unspecified atom stereocenters. The second-order valence-corrected chi connectivity index (χ2v) is 5.18. The molecule has 1 rings (SSSR count). The molecule has 98 valence electrons. The third-order valence-electron chi connectivity index (χ3n) is 2.45. The van der Waals surface area contributed by atoms with Crippen LogP contribution in [0.15, 0.2) is 0 Å². The highest BCUT2D eigenvalue weighted by Gasteiger charge is 2.37. The van der Waals surface area contributed by atoms with Gasteiger partial charge in [0, 0.05) is 6.54 Å². The minimum Gasteiger partial charge on any atom is -0.480 e. The molecule has 9 heteroatoms. The molecule has 1 aliphatic rings. The second-order valence-electron chi connectivity index (χ2n) is 3.56. The molecule has 1 heterocycles. The normalized spacial score (nSPS) is 21.8. The number of hydrogen-bond donors (Lipinski definition) is 2. The third kappa shape index (κ3) is 3.30. The van der Waals surface area contributed by atoms with Crippen molar-refractivity contribution in [3.63, 3.8) is 0 Å². The molecule has 1 atom stereocenters. The van der Waals surface area contributed by atoms with Crippen LogP contribution in [0.25, 0.3) is 0 Å². The van der Waals surface area contributed by atoms with E-state index in [9.17, 15) is 18.0 Å². The molecule has 17 heavy (non-hydrogen) atoms. The lowest BCUT2D eigenvalue weighted by molar-refractivity contribution is -0.142. The molecule has 1 fully saturated rings. The molecule has 1 saturated heterocycles. The summed E-state index contributed by atoms with van der Waals surface area (Å²) < 4.78 is 30.0. The van der Waals surface area contributed by atoms with Crippen LogP contribution in [0.5, 0.6) is 0 Å². The molecule has 0 bridgehead atoms. The van der Waals surface area contributed by atoms with Crippen LogP contribution in [0.1, 0.15) is 19.3 Å². The highest BCUT2D eigenvalue weighted by molar-refractivity contribution is 7.87. The summed E-state index contributed by atoms with van der Waals surface area (Å²) in [7, 11) is -3.14. The van der Waals surface area contributed by atoms with Gasteiger partial charge in [0.05, 0.1) is 7.11 Å². The molecule has 1 amide bonds. The van der Waals surface area contributed by atoms with Gasteiger partial charge in [0.15, 0.2) is 0 Å². The number of hydrogen-bond acceptors (Lipinski definition) is 5. The predicted octanol–water partition coefficient (Wildman–Crippen LogP) is -0.474. The lowest BCUT2D eigenvalue weighted by atomic mass is 10.1. The Kier molecular flexibility index (Phi) is 4.29. The third-order valence-corrected chi connectivity index (χ3v) is 3.92. The first-order valence-corrected chi connectivity index (χ1v) is 6.43. The van der Waals surface area contributed by atoms with Crippen LogP contribution in [0.3, 0.4) is 0 Å². The number of carbonyl (C=O) groups is 2. The number of nitrogens with one attached hydrogen (secondary N) is 1. The Morgan fingerprint density at radius 2 is 2.06 bits per heavy atom. The number of nitrogens with zero attached hydrogens (tertiary/aromatic N) is 1. The van der Waals surface area contributed by atoms with E-state index in [0.717, 1.165) is 11.4 Å². The van der Waals surface area contributed by atoms with Gasteiger partial charge in [0.1, 0.15) is 6.04 Å². The van der Waals surface area contributed by atoms with Crippen molar-refractivity contribution >= 4 is 22.3 Å². The van der Waals surface area contributed by atoms with Gasteiger partial charge >= 0.3 is 22.3 Å². The van der Waals surface area contributed by atoms with E-state index < -0.39 is 28.3 Å². The maximum atomic E-state index is 11.7. The molecular weight excluding hydrogens is 252 g/mol. The fraction of sp³-hybridized carbons (Fsp3) is 0.750. The fourth-order valence-electron chi connectivity index (χ4n) is 1.65. The van der Waals surface area contributed by atoms with Gasteiger partial charge in [0.25, 0.3) is 0 Å². The fourth-order valence-corrected chi connectivity index (χ4v) is 2.96. The zero-order valence-corrected chi connectivity index (χ0v) is 10.1. The summed E-state index contributed by atoms with van der Waals surface area (Å²) in [6.45, 7) is 0.0727. The Balaban J connectivity index is 2.87. The first-order chi connectivity index (χ1) is 7.88. The van der Waals surface area contributed by atoms with E-state index in [0.29, 0.717) is 12.8 Å². The van der Waals surface area contributed by atoms with Gasteiger partial charge in [-0.15, -0.1) is 0 Å². The lowest BCUT2D eigenvalue weighted by Crippen LogP contribution is -2.53. The van der Waals surface area contributed by atoms with Crippen LogP contribution >= 0.6 is 0 Å². The lowest BCUT2D eigenvalue weighted by Gasteiger charge is -2.31. The quantitative estimate of drug-likeness (QED) is 0.713. The Bertz CT molecular complexity index is 406. The molecule has 0 aromatic carbocycles. The molecule has 0 spiro atoms. The van der Waals surface area contributed by atoms with Gasteiger partial charge in [-0.25, -0.2) is 9.52 Å². The van der Waals surface area contributed by atoms with Crippen LogP contribution < -0.4 is 4.72 Å². The minimum atomic E-state index is -4.16. The standard InChI is InChI=1S/C8H14N2O6S/c1-16-8(13)9-17(14,15)10-5-3-2-4-6(10)7(11)12/h6H,2-5H2,1H3,(H,9,13)(H,11,12)/t6-/m1/s1. The van der Waals surface area contributed by atoms with E-state index in [1.807, 2.05) is 0 Å². The molecule has 0 aromatic heterocycles. The maximum absolute atomic E-state index is 11.7. The number of carboxylic acid groups (broad SMARTS) is 1. The van der Waals surface area contributed by atoms with Crippen LogP contribution in [-0.4, -0.2) is 49.6 Å². The largest absolute Gasteiger partial charge is 0.480 e. The maximum Gasteiger partial charge on any atom is 0.421 e. The Morgan fingerprint density at radius 1 is 1.41 bits per heavy atom. The average molecular weight is 266 g/mol. The summed E-state index contributed by atoms with van der Waals surface area (Å²) in [5.41, 5.74) is 0. The summed E-state index contributed by atoms with van der Waals surface area (Å²) in [5.74, 6) is -1.22. The molecule has 0 radical (unpaired) electrons. The number of aliphatic carboxylic acids is 1. The monoisotopic (exact) mass is 266 g/mol. The zero-order chi connectivity index (χ0) is 13.1. The number of carbonyl (C=O) groups excluding carboxylic acids is 1. The SMILES string of the molecule is COC(=O)NS(=O)(=O)N1CCCC[C@@H]1C(=O)O. The number of ether oxygens (including phenoxy) is 1. The van der Waals surface area contributed by atoms with Gasteiger partial charge in [-0.1, -0.05) is 0 Å². The Labute approximate surface area is 98.7 Å². The molecule has 1 aliphatic heterocycles. The number of carboxylic acids is 1. The van der Waals surface area contributed by atoms with Crippen molar-refractivity contribution < 1.29 is 27.9 Å². The molecule has 2 N–H and O–H groups in total. The summed E-state index contributed by atoms with van der Waals surface area (Å²) in [6.07, 6.45) is 0.296. The summed E-state index contributed by atoms with van der Waals surface area (Å²) >= 11 is 0. The zero-order valence-electron chi connectivity index (χ0n) is 9.25. The number of amides is 1. The Morgan fingerprint density at radius 3 is 2.59 bits per heavy atom. The summed E-state index contributed by atoms with van der Waals surface area (Å²) in [6, 6.07) is -1.13. The topological polar surface area (TPSA) is 113 Å². The van der Waals surface area contributed by atoms with Gasteiger partial charge in [-0.2, -0.15) is 12.7 Å². The number of methoxy groups -OCH3 is 1. The Hall–Kier alpha value is -1.35. The van der Waals surface area contributed by atoms with Crippen molar-refractivity contribution in [1.82, 2.24) is 9.03 Å². The highest BCUT2D eigenvalue weighted by Crippen LogP contribution is 2.19. The van der Waals surface area contributed by atoms with Crippen molar-refractivity contribution in [2.75, 3.05) is 13.7 Å². The van der Waals surface area contributed by atoms with Gasteiger partial charge in [-0.05, 0) is 19.3 Å². The molecular formula is C8H14N2O6S. The van der Waals surface area contributed by atoms with Crippen LogP contribution in [-0.2, 0) is 19.7 Å². The van der Waals surface area contributed by atoms with Gasteiger partial charge in [0.2, 0.25) is 0 Å². The van der Waals surface area contributed by atoms with Crippen molar-refractivity contribution in [3.05, 3.63) is 0 Å². The van der Waals surface area contributed by atoms with E-state index in [4.69, 9.17) is 5.11 Å². The van der Waals surface area contributed by atoms with Crippen LogP contribution in [0.4, 0.5) is 4.79 Å². The van der Waals surface area contributed by atoms with Crippen molar-refractivity contribution in [2.45, 2.75) is 25.3 Å². The van der Waals surface area contributed by atoms with Crippen LogP contribution in [0.2, 0.25) is 0 Å². The second kappa shape index (κ2) is 5.32. The number of rotatable bonds is 3. The minimum absolute atomic E-state index is 0.0727. The van der Waals surface area contributed by atoms with Crippen molar-refractivity contribution in [3.8, 4) is 0 Å². The van der Waals surface area contributed by atoms with E-state index in [2.05, 4.69) is 4.74 Å². The van der Waals surface area contributed by atoms with E-state index in [1.54, 1.807) is 4.72 Å². The summed E-state index contributed by atoms with van der Waals surface area (Å²) in [5, 5.41) is 8.91. The summed E-state index contributed by atoms with van der Waals surface area (Å²) in [4.78, 5) is 21.8. The molecule has 8 nitrogen and oxygen atoms in total. The highest BCUT2D eigenvalue weighted by atomic mass is 32.2. The first-order valence-electron chi connectivity index (χ1n) is 4.99. The van der Waals surface area contributed by atoms with Crippen molar-refractivity contribution in [2.24, 2.45) is 0 Å². The van der Waals surface area contributed by atoms with E-state index in [-0.39, 0.29) is 13.0 Å². The van der Waals surface area contributed by atoms with Gasteiger partial charge < -0.3 is 9.84 Å². The molecule has 0 aromatic rings.